The third-order valence-electron chi connectivity index (χ3n) is 2.25. The van der Waals surface area contributed by atoms with Crippen LogP contribution in [0, 0.1) is 0 Å². The van der Waals surface area contributed by atoms with Crippen LogP contribution in [-0.2, 0) is 6.54 Å². The number of hydrogen-bond acceptors (Lipinski definition) is 5. The zero-order valence-corrected chi connectivity index (χ0v) is 9.21. The van der Waals surface area contributed by atoms with Crippen LogP contribution in [0.1, 0.15) is 6.92 Å². The van der Waals surface area contributed by atoms with Gasteiger partial charge in [0.1, 0.15) is 5.75 Å². The van der Waals surface area contributed by atoms with E-state index >= 15 is 0 Å². The Bertz CT molecular complexity index is 494. The molecule has 2 rings (SSSR count). The predicted octanol–water partition coefficient (Wildman–Crippen LogP) is 0.951. The van der Waals surface area contributed by atoms with Gasteiger partial charge in [-0.1, -0.05) is 0 Å². The second-order valence-electron chi connectivity index (χ2n) is 3.31. The summed E-state index contributed by atoms with van der Waals surface area (Å²) >= 11 is 0. The van der Waals surface area contributed by atoms with Crippen molar-refractivity contribution >= 4 is 5.69 Å². The Morgan fingerprint density at radius 1 is 1.38 bits per heavy atom. The van der Waals surface area contributed by atoms with Crippen LogP contribution in [0.25, 0.3) is 11.4 Å². The van der Waals surface area contributed by atoms with Crippen LogP contribution in [0.15, 0.2) is 18.2 Å². The molecular weight excluding hydrogens is 206 g/mol. The van der Waals surface area contributed by atoms with Gasteiger partial charge in [-0.3, -0.25) is 0 Å². The van der Waals surface area contributed by atoms with Crippen molar-refractivity contribution < 1.29 is 4.74 Å². The molecule has 2 N–H and O–H groups in total. The van der Waals surface area contributed by atoms with Gasteiger partial charge in [0.2, 0.25) is 0 Å². The van der Waals surface area contributed by atoms with E-state index in [0.29, 0.717) is 23.8 Å². The van der Waals surface area contributed by atoms with E-state index in [-0.39, 0.29) is 0 Å². The zero-order valence-electron chi connectivity index (χ0n) is 9.21. The maximum absolute atomic E-state index is 5.77. The van der Waals surface area contributed by atoms with Crippen molar-refractivity contribution in [3.8, 4) is 17.1 Å². The van der Waals surface area contributed by atoms with Crippen molar-refractivity contribution in [2.24, 2.45) is 0 Å². The molecule has 0 saturated heterocycles. The Kier molecular flexibility index (Phi) is 2.72. The lowest BCUT2D eigenvalue weighted by Crippen LogP contribution is -2.00. The molecule has 0 aliphatic heterocycles. The Balaban J connectivity index is 2.51. The lowest BCUT2D eigenvalue weighted by Gasteiger charge is -2.06. The number of aromatic nitrogens is 4. The number of anilines is 1. The number of nitrogen functional groups attached to an aromatic ring is 1. The van der Waals surface area contributed by atoms with Gasteiger partial charge < -0.3 is 10.5 Å². The first-order valence-electron chi connectivity index (χ1n) is 4.95. The quantitative estimate of drug-likeness (QED) is 0.777. The molecule has 1 aromatic carbocycles. The molecule has 1 aromatic heterocycles. The summed E-state index contributed by atoms with van der Waals surface area (Å²) in [5, 5.41) is 11.5. The van der Waals surface area contributed by atoms with Crippen LogP contribution < -0.4 is 10.5 Å². The van der Waals surface area contributed by atoms with Gasteiger partial charge in [-0.2, -0.15) is 0 Å². The fourth-order valence-electron chi connectivity index (χ4n) is 1.49. The molecule has 2 aromatic rings. The summed E-state index contributed by atoms with van der Waals surface area (Å²) in [6, 6.07) is 5.43. The number of hydrogen-bond donors (Lipinski definition) is 1. The van der Waals surface area contributed by atoms with Gasteiger partial charge >= 0.3 is 0 Å². The monoisotopic (exact) mass is 219 g/mol. The number of nitrogens with two attached hydrogens (primary N) is 1. The van der Waals surface area contributed by atoms with E-state index in [2.05, 4.69) is 15.5 Å². The maximum atomic E-state index is 5.77. The summed E-state index contributed by atoms with van der Waals surface area (Å²) in [4.78, 5) is 0. The van der Waals surface area contributed by atoms with Gasteiger partial charge in [0.05, 0.1) is 7.11 Å². The number of rotatable bonds is 3. The normalized spacial score (nSPS) is 10.4. The average Bonchev–Trinajstić information content (AvgIpc) is 2.76. The standard InChI is InChI=1S/C10H13N5O/c1-3-15-10(12-13-14-15)7-4-8(11)6-9(5-7)16-2/h4-6H,3,11H2,1-2H3. The largest absolute Gasteiger partial charge is 0.497 e. The smallest absolute Gasteiger partial charge is 0.182 e. The fourth-order valence-corrected chi connectivity index (χ4v) is 1.49. The van der Waals surface area contributed by atoms with Gasteiger partial charge in [0.15, 0.2) is 5.82 Å². The van der Waals surface area contributed by atoms with Crippen molar-refractivity contribution in [2.45, 2.75) is 13.5 Å². The van der Waals surface area contributed by atoms with Crippen molar-refractivity contribution in [1.82, 2.24) is 20.2 Å². The molecular formula is C10H13N5O. The number of ether oxygens (including phenoxy) is 1. The lowest BCUT2D eigenvalue weighted by atomic mass is 10.2. The minimum atomic E-state index is 0.625. The Morgan fingerprint density at radius 3 is 2.88 bits per heavy atom. The van der Waals surface area contributed by atoms with E-state index in [1.165, 1.54) is 0 Å². The minimum absolute atomic E-state index is 0.625. The van der Waals surface area contributed by atoms with E-state index in [1.54, 1.807) is 17.9 Å². The molecule has 1 heterocycles. The maximum Gasteiger partial charge on any atom is 0.182 e. The van der Waals surface area contributed by atoms with Gasteiger partial charge in [-0.15, -0.1) is 5.10 Å². The topological polar surface area (TPSA) is 78.9 Å². The van der Waals surface area contributed by atoms with Crippen LogP contribution in [0.3, 0.4) is 0 Å². The number of nitrogens with zero attached hydrogens (tertiary/aromatic N) is 4. The summed E-state index contributed by atoms with van der Waals surface area (Å²) < 4.78 is 6.85. The molecule has 0 aliphatic carbocycles. The molecule has 6 heteroatoms. The van der Waals surface area contributed by atoms with Crippen LogP contribution in [0.2, 0.25) is 0 Å². The first-order chi connectivity index (χ1) is 7.74. The van der Waals surface area contributed by atoms with E-state index in [0.717, 1.165) is 5.56 Å². The molecule has 0 amide bonds. The minimum Gasteiger partial charge on any atom is -0.497 e. The molecule has 0 atom stereocenters. The second kappa shape index (κ2) is 4.18. The molecule has 0 unspecified atom stereocenters. The first kappa shape index (κ1) is 10.4. The van der Waals surface area contributed by atoms with Crippen molar-refractivity contribution in [2.75, 3.05) is 12.8 Å². The summed E-state index contributed by atoms with van der Waals surface area (Å²) in [6.45, 7) is 2.68. The highest BCUT2D eigenvalue weighted by Gasteiger charge is 2.09. The highest BCUT2D eigenvalue weighted by Crippen LogP contribution is 2.25. The molecule has 0 radical (unpaired) electrons. The Morgan fingerprint density at radius 2 is 2.19 bits per heavy atom. The molecule has 0 bridgehead atoms. The van der Waals surface area contributed by atoms with Crippen LogP contribution in [-0.4, -0.2) is 27.3 Å². The number of aryl methyl sites for hydroxylation is 1. The highest BCUT2D eigenvalue weighted by atomic mass is 16.5. The van der Waals surface area contributed by atoms with Crippen LogP contribution >= 0.6 is 0 Å². The first-order valence-corrected chi connectivity index (χ1v) is 4.95. The highest BCUT2D eigenvalue weighted by molar-refractivity contribution is 5.64. The van der Waals surface area contributed by atoms with Gasteiger partial charge in [0.25, 0.3) is 0 Å². The fraction of sp³-hybridized carbons (Fsp3) is 0.300. The molecule has 84 valence electrons. The average molecular weight is 219 g/mol. The van der Waals surface area contributed by atoms with Crippen molar-refractivity contribution in [1.29, 1.82) is 0 Å². The van der Waals surface area contributed by atoms with E-state index in [9.17, 15) is 0 Å². The van der Waals surface area contributed by atoms with E-state index < -0.39 is 0 Å². The number of tetrazole rings is 1. The summed E-state index contributed by atoms with van der Waals surface area (Å²) in [5.41, 5.74) is 7.25. The third-order valence-corrected chi connectivity index (χ3v) is 2.25. The van der Waals surface area contributed by atoms with Gasteiger partial charge in [0, 0.05) is 23.9 Å². The van der Waals surface area contributed by atoms with Crippen molar-refractivity contribution in [3.05, 3.63) is 18.2 Å². The number of methoxy groups -OCH3 is 1. The summed E-state index contributed by atoms with van der Waals surface area (Å²) in [7, 11) is 1.60. The third kappa shape index (κ3) is 1.81. The van der Waals surface area contributed by atoms with Crippen LogP contribution in [0.5, 0.6) is 5.75 Å². The van der Waals surface area contributed by atoms with Crippen LogP contribution in [0.4, 0.5) is 5.69 Å². The lowest BCUT2D eigenvalue weighted by molar-refractivity contribution is 0.415. The van der Waals surface area contributed by atoms with Gasteiger partial charge in [-0.25, -0.2) is 4.68 Å². The molecule has 0 fully saturated rings. The Labute approximate surface area is 93.0 Å². The second-order valence-corrected chi connectivity index (χ2v) is 3.31. The summed E-state index contributed by atoms with van der Waals surface area (Å²) in [6.07, 6.45) is 0. The zero-order chi connectivity index (χ0) is 11.5. The van der Waals surface area contributed by atoms with Crippen molar-refractivity contribution in [3.63, 3.8) is 0 Å². The van der Waals surface area contributed by atoms with Gasteiger partial charge in [-0.05, 0) is 29.5 Å². The van der Waals surface area contributed by atoms with E-state index in [4.69, 9.17) is 10.5 Å². The molecule has 0 aliphatic rings. The molecule has 0 spiro atoms. The summed E-state index contributed by atoms with van der Waals surface area (Å²) in [5.74, 6) is 1.38. The van der Waals surface area contributed by atoms with E-state index in [1.807, 2.05) is 19.1 Å². The number of benzene rings is 1. The molecule has 16 heavy (non-hydrogen) atoms. The predicted molar refractivity (Wildman–Crippen MR) is 59.9 cm³/mol. The SMILES string of the molecule is CCn1nnnc1-c1cc(N)cc(OC)c1. The Hall–Kier alpha value is -2.11. The molecule has 6 nitrogen and oxygen atoms in total. The molecule has 0 saturated carbocycles.